The summed E-state index contributed by atoms with van der Waals surface area (Å²) in [6.45, 7) is 6.73. The van der Waals surface area contributed by atoms with Gasteiger partial charge in [-0.3, -0.25) is 0 Å². The number of ether oxygens (including phenoxy) is 2. The van der Waals surface area contributed by atoms with Gasteiger partial charge in [0.2, 0.25) is 11.9 Å². The first-order valence-corrected chi connectivity index (χ1v) is 6.19. The fourth-order valence-corrected chi connectivity index (χ4v) is 1.77. The minimum Gasteiger partial charge on any atom is -0.463 e. The molecule has 1 atom stereocenters. The molecule has 1 aliphatic heterocycles. The summed E-state index contributed by atoms with van der Waals surface area (Å²) in [5.41, 5.74) is 5.68. The molecule has 1 aromatic rings. The van der Waals surface area contributed by atoms with Crippen molar-refractivity contribution in [2.75, 3.05) is 37.0 Å². The molecular formula is C11H19N5O2. The van der Waals surface area contributed by atoms with Crippen LogP contribution in [0.25, 0.3) is 0 Å². The van der Waals surface area contributed by atoms with Crippen molar-refractivity contribution in [3.8, 4) is 6.01 Å². The lowest BCUT2D eigenvalue weighted by Crippen LogP contribution is -2.44. The van der Waals surface area contributed by atoms with Gasteiger partial charge in [0.1, 0.15) is 0 Å². The van der Waals surface area contributed by atoms with Crippen molar-refractivity contribution in [1.29, 1.82) is 0 Å². The Morgan fingerprint density at radius 2 is 2.28 bits per heavy atom. The highest BCUT2D eigenvalue weighted by Gasteiger charge is 2.22. The van der Waals surface area contributed by atoms with Gasteiger partial charge in [0, 0.05) is 6.54 Å². The fraction of sp³-hybridized carbons (Fsp3) is 0.727. The topological polar surface area (TPSA) is 86.4 Å². The molecule has 2 heterocycles. The highest BCUT2D eigenvalue weighted by Crippen LogP contribution is 2.18. The Bertz CT molecular complexity index is 401. The number of nitrogen functional groups attached to an aromatic ring is 1. The highest BCUT2D eigenvalue weighted by molar-refractivity contribution is 5.37. The maximum atomic E-state index is 5.68. The van der Waals surface area contributed by atoms with Crippen LogP contribution in [0.5, 0.6) is 6.01 Å². The third kappa shape index (κ3) is 2.98. The van der Waals surface area contributed by atoms with Gasteiger partial charge in [0.05, 0.1) is 25.9 Å². The molecule has 1 aliphatic rings. The van der Waals surface area contributed by atoms with Crippen LogP contribution in [-0.4, -0.2) is 47.4 Å². The van der Waals surface area contributed by atoms with Gasteiger partial charge in [0.25, 0.3) is 0 Å². The molecule has 0 radical (unpaired) electrons. The van der Waals surface area contributed by atoms with Crippen LogP contribution < -0.4 is 15.4 Å². The van der Waals surface area contributed by atoms with Crippen molar-refractivity contribution in [3.05, 3.63) is 0 Å². The lowest BCUT2D eigenvalue weighted by Gasteiger charge is -2.33. The van der Waals surface area contributed by atoms with Crippen molar-refractivity contribution in [3.63, 3.8) is 0 Å². The van der Waals surface area contributed by atoms with Crippen molar-refractivity contribution in [1.82, 2.24) is 15.0 Å². The summed E-state index contributed by atoms with van der Waals surface area (Å²) < 4.78 is 10.8. The number of anilines is 2. The molecule has 7 heteroatoms. The van der Waals surface area contributed by atoms with Gasteiger partial charge in [-0.05, 0) is 13.3 Å². The molecular weight excluding hydrogens is 234 g/mol. The summed E-state index contributed by atoms with van der Waals surface area (Å²) in [4.78, 5) is 14.5. The van der Waals surface area contributed by atoms with Crippen LogP contribution in [0.4, 0.5) is 11.9 Å². The summed E-state index contributed by atoms with van der Waals surface area (Å²) in [5.74, 6) is 0.745. The van der Waals surface area contributed by atoms with E-state index in [9.17, 15) is 0 Å². The monoisotopic (exact) mass is 253 g/mol. The van der Waals surface area contributed by atoms with E-state index in [1.165, 1.54) is 0 Å². The third-order valence-electron chi connectivity index (χ3n) is 2.68. The first-order chi connectivity index (χ1) is 8.70. The van der Waals surface area contributed by atoms with Gasteiger partial charge in [-0.15, -0.1) is 0 Å². The van der Waals surface area contributed by atoms with Crippen LogP contribution in [0.3, 0.4) is 0 Å². The molecule has 0 spiro atoms. The van der Waals surface area contributed by atoms with E-state index < -0.39 is 0 Å². The van der Waals surface area contributed by atoms with Crippen molar-refractivity contribution in [2.45, 2.75) is 26.3 Å². The molecule has 2 rings (SSSR count). The van der Waals surface area contributed by atoms with E-state index in [-0.39, 0.29) is 18.0 Å². The average Bonchev–Trinajstić information content (AvgIpc) is 2.36. The van der Waals surface area contributed by atoms with Gasteiger partial charge in [-0.1, -0.05) is 6.92 Å². The van der Waals surface area contributed by atoms with Gasteiger partial charge in [0.15, 0.2) is 0 Å². The number of hydrogen-bond acceptors (Lipinski definition) is 7. The van der Waals surface area contributed by atoms with E-state index >= 15 is 0 Å². The van der Waals surface area contributed by atoms with Crippen LogP contribution in [0, 0.1) is 0 Å². The van der Waals surface area contributed by atoms with Crippen LogP contribution in [-0.2, 0) is 4.74 Å². The zero-order valence-electron chi connectivity index (χ0n) is 10.8. The number of aromatic nitrogens is 3. The van der Waals surface area contributed by atoms with E-state index in [1.54, 1.807) is 0 Å². The summed E-state index contributed by atoms with van der Waals surface area (Å²) in [5, 5.41) is 0. The molecule has 2 N–H and O–H groups in total. The predicted octanol–water partition coefficient (Wildman–Crippen LogP) is 0.468. The second-order valence-corrected chi connectivity index (χ2v) is 4.24. The minimum atomic E-state index is 0.185. The number of hydrogen-bond donors (Lipinski definition) is 1. The molecule has 100 valence electrons. The first kappa shape index (κ1) is 12.8. The Hall–Kier alpha value is -1.63. The van der Waals surface area contributed by atoms with Gasteiger partial charge in [-0.2, -0.15) is 15.0 Å². The van der Waals surface area contributed by atoms with Crippen LogP contribution in [0.2, 0.25) is 0 Å². The molecule has 1 saturated heterocycles. The standard InChI is InChI=1S/C11H19N5O2/c1-3-5-18-11-14-9(12)13-10(15-11)16-4-6-17-7-8(16)2/h8H,3-7H2,1-2H3,(H2,12,13,14,15). The number of morpholine rings is 1. The molecule has 0 saturated carbocycles. The molecule has 0 amide bonds. The summed E-state index contributed by atoms with van der Waals surface area (Å²) in [6, 6.07) is 0.512. The zero-order chi connectivity index (χ0) is 13.0. The van der Waals surface area contributed by atoms with Gasteiger partial charge >= 0.3 is 6.01 Å². The summed E-state index contributed by atoms with van der Waals surface area (Å²) in [7, 11) is 0. The van der Waals surface area contributed by atoms with Crippen LogP contribution in [0.15, 0.2) is 0 Å². The van der Waals surface area contributed by atoms with E-state index in [4.69, 9.17) is 15.2 Å². The second-order valence-electron chi connectivity index (χ2n) is 4.24. The SMILES string of the molecule is CCCOc1nc(N)nc(N2CCOCC2C)n1. The summed E-state index contributed by atoms with van der Waals surface area (Å²) >= 11 is 0. The molecule has 7 nitrogen and oxygen atoms in total. The lowest BCUT2D eigenvalue weighted by atomic mass is 10.3. The van der Waals surface area contributed by atoms with Crippen molar-refractivity contribution < 1.29 is 9.47 Å². The smallest absolute Gasteiger partial charge is 0.323 e. The number of nitrogens with zero attached hydrogens (tertiary/aromatic N) is 4. The molecule has 1 fully saturated rings. The van der Waals surface area contributed by atoms with Crippen molar-refractivity contribution in [2.24, 2.45) is 0 Å². The molecule has 1 aromatic heterocycles. The van der Waals surface area contributed by atoms with Crippen LogP contribution >= 0.6 is 0 Å². The van der Waals surface area contributed by atoms with Crippen molar-refractivity contribution >= 4 is 11.9 Å². The maximum Gasteiger partial charge on any atom is 0.323 e. The Morgan fingerprint density at radius 3 is 3.00 bits per heavy atom. The third-order valence-corrected chi connectivity index (χ3v) is 2.68. The second kappa shape index (κ2) is 5.81. The maximum absolute atomic E-state index is 5.68. The molecule has 1 unspecified atom stereocenters. The predicted molar refractivity (Wildman–Crippen MR) is 67.7 cm³/mol. The largest absolute Gasteiger partial charge is 0.463 e. The Morgan fingerprint density at radius 1 is 1.44 bits per heavy atom. The van der Waals surface area contributed by atoms with E-state index in [0.717, 1.165) is 13.0 Å². The van der Waals surface area contributed by atoms with Gasteiger partial charge in [-0.25, -0.2) is 0 Å². The first-order valence-electron chi connectivity index (χ1n) is 6.19. The van der Waals surface area contributed by atoms with E-state index in [0.29, 0.717) is 25.8 Å². The molecule has 18 heavy (non-hydrogen) atoms. The minimum absolute atomic E-state index is 0.185. The van der Waals surface area contributed by atoms with E-state index in [1.807, 2.05) is 6.92 Å². The normalized spacial score (nSPS) is 19.9. The lowest BCUT2D eigenvalue weighted by molar-refractivity contribution is 0.0979. The number of nitrogens with two attached hydrogens (primary N) is 1. The quantitative estimate of drug-likeness (QED) is 0.834. The Kier molecular flexibility index (Phi) is 4.14. The molecule has 0 aromatic carbocycles. The van der Waals surface area contributed by atoms with E-state index in [2.05, 4.69) is 26.8 Å². The van der Waals surface area contributed by atoms with Crippen LogP contribution in [0.1, 0.15) is 20.3 Å². The molecule has 0 bridgehead atoms. The zero-order valence-corrected chi connectivity index (χ0v) is 10.8. The Balaban J connectivity index is 2.18. The number of rotatable bonds is 4. The molecule has 0 aliphatic carbocycles. The van der Waals surface area contributed by atoms with Gasteiger partial charge < -0.3 is 20.1 Å². The summed E-state index contributed by atoms with van der Waals surface area (Å²) in [6.07, 6.45) is 0.898. The average molecular weight is 253 g/mol. The highest BCUT2D eigenvalue weighted by atomic mass is 16.5. The fourth-order valence-electron chi connectivity index (χ4n) is 1.77. The Labute approximate surface area is 106 Å².